The number of aliphatic hydroxyl groups is 2. The van der Waals surface area contributed by atoms with Crippen LogP contribution in [-0.4, -0.2) is 112 Å². The summed E-state index contributed by atoms with van der Waals surface area (Å²) in [5.74, 6) is 0.793. The number of methoxy groups -OCH3 is 1. The minimum Gasteiger partial charge on any atom is -0.496 e. The van der Waals surface area contributed by atoms with Crippen molar-refractivity contribution in [3.05, 3.63) is 47.1 Å². The Kier molecular flexibility index (Phi) is 21.6. The predicted octanol–water partition coefficient (Wildman–Crippen LogP) is 7.29. The van der Waals surface area contributed by atoms with E-state index in [1.54, 1.807) is 40.5 Å². The summed E-state index contributed by atoms with van der Waals surface area (Å²) in [5, 5.41) is 29.9. The third kappa shape index (κ3) is 16.7. The molecule has 6 atom stereocenters. The number of benzene rings is 1. The number of carboxylic acid groups (broad SMARTS) is 1. The number of amides is 3. The van der Waals surface area contributed by atoms with Crippen LogP contribution in [0.3, 0.4) is 0 Å². The van der Waals surface area contributed by atoms with Gasteiger partial charge in [-0.3, -0.25) is 14.4 Å². The summed E-state index contributed by atoms with van der Waals surface area (Å²) in [6.45, 7) is 15.5. The van der Waals surface area contributed by atoms with E-state index in [2.05, 4.69) is 59.0 Å². The Bertz CT molecular complexity index is 1730. The quantitative estimate of drug-likeness (QED) is 0.0882. The minimum absolute atomic E-state index is 0.0118. The van der Waals surface area contributed by atoms with Gasteiger partial charge in [0.05, 0.1) is 24.5 Å². The Hall–Kier alpha value is -3.37. The number of hydrogen-bond acceptors (Lipinski definition) is 11. The summed E-state index contributed by atoms with van der Waals surface area (Å²) in [5.41, 5.74) is 2.44. The zero-order valence-corrected chi connectivity index (χ0v) is 40.2. The zero-order valence-electron chi connectivity index (χ0n) is 38.6. The Morgan fingerprint density at radius 2 is 1.85 bits per heavy atom. The number of nitrogens with zero attached hydrogens (tertiary/aromatic N) is 2. The van der Waals surface area contributed by atoms with Gasteiger partial charge in [-0.2, -0.15) is 0 Å². The number of aliphatic carboxylic acids is 1. The lowest BCUT2D eigenvalue weighted by atomic mass is 9.76. The van der Waals surface area contributed by atoms with Crippen LogP contribution in [0.1, 0.15) is 124 Å². The molecule has 3 amide bonds. The lowest BCUT2D eigenvalue weighted by Crippen LogP contribution is -2.55. The van der Waals surface area contributed by atoms with E-state index in [0.717, 1.165) is 53.8 Å². The van der Waals surface area contributed by atoms with Gasteiger partial charge in [0.2, 0.25) is 17.7 Å². The molecule has 0 aromatic heterocycles. The number of nitrogens with one attached hydrogen (secondary N) is 1. The molecule has 15 heteroatoms. The normalized spacial score (nSPS) is 26.0. The first kappa shape index (κ1) is 53.8. The number of carbonyl (C=O) groups is 5. The van der Waals surface area contributed by atoms with Gasteiger partial charge in [0.1, 0.15) is 23.3 Å². The highest BCUT2D eigenvalue weighted by molar-refractivity contribution is 8.77. The van der Waals surface area contributed by atoms with Gasteiger partial charge in [-0.25, -0.2) is 4.79 Å². The molecule has 0 radical (unpaired) electrons. The molecule has 0 saturated carbocycles. The van der Waals surface area contributed by atoms with E-state index < -0.39 is 23.3 Å². The van der Waals surface area contributed by atoms with E-state index in [0.29, 0.717) is 57.8 Å². The number of aliphatic hydroxyl groups excluding tert-OH is 1. The minimum atomic E-state index is -1.27. The van der Waals surface area contributed by atoms with Crippen LogP contribution >= 0.6 is 21.6 Å². The van der Waals surface area contributed by atoms with Crippen molar-refractivity contribution in [2.75, 3.05) is 39.0 Å². The molecule has 0 spiro atoms. The van der Waals surface area contributed by atoms with Crippen LogP contribution in [-0.2, 0) is 41.6 Å². The van der Waals surface area contributed by atoms with Crippen LogP contribution in [0.2, 0.25) is 0 Å². The molecule has 4 bridgehead atoms. The fraction of sp³-hybridized carbons (Fsp3) is 0.674. The maximum absolute atomic E-state index is 13.4. The number of piperidine rings is 1. The summed E-state index contributed by atoms with van der Waals surface area (Å²) in [6, 6.07) is 3.34. The molecule has 3 aliphatic rings. The summed E-state index contributed by atoms with van der Waals surface area (Å²) >= 11 is 0. The van der Waals surface area contributed by atoms with Crippen molar-refractivity contribution in [1.29, 1.82) is 0 Å². The standard InChI is InChI=1S/C30H42N2O5.C15H27NO4S2.CH4O/c1-7-23-24-15-21(16-25(23)36-6)14-19(2)10-8-9-12-30(35)18-22(17-26(33)31-30)20(3)28-29(4,37-28)13-11-27(34)32(24)5;1-11(17)7-6-10-21-22-15(3,4)9-8-13(18)16(5)12(2)14(19)20;1-2/h8-10,15-16,20,22,28,35H,7,11-14,17-18H2,1-6H3,(H,31,33);12H,6-10H2,1-5H3,(H,19,20);2H,1H3/b9-8+,19-10+;;/t20-,22?,28?,29?,30-;;/m1../s1. The number of ketones is 1. The number of likely N-dealkylation sites (N-methyl/N-ethyl adjacent to an activating group) is 1. The fourth-order valence-electron chi connectivity index (χ4n) is 7.73. The number of carboxylic acids is 1. The number of fused-ring (bicyclic) bond motifs is 5. The molecule has 61 heavy (non-hydrogen) atoms. The van der Waals surface area contributed by atoms with Crippen LogP contribution in [0.5, 0.6) is 5.75 Å². The number of Topliss-reactive ketones (excluding diaryl/α,β-unsaturated/α-hetero) is 1. The molecule has 1 aromatic carbocycles. The van der Waals surface area contributed by atoms with Crippen LogP contribution in [0.4, 0.5) is 5.69 Å². The summed E-state index contributed by atoms with van der Waals surface area (Å²) in [4.78, 5) is 62.6. The first-order valence-corrected chi connectivity index (χ1v) is 23.6. The van der Waals surface area contributed by atoms with Gasteiger partial charge in [0, 0.05) is 69.4 Å². The van der Waals surface area contributed by atoms with E-state index in [-0.39, 0.29) is 46.2 Å². The van der Waals surface area contributed by atoms with Gasteiger partial charge in [0.15, 0.2) is 0 Å². The molecule has 4 N–H and O–H groups in total. The van der Waals surface area contributed by atoms with Crippen LogP contribution < -0.4 is 15.0 Å². The second kappa shape index (κ2) is 24.5. The second-order valence-corrected chi connectivity index (χ2v) is 20.5. The van der Waals surface area contributed by atoms with Crippen molar-refractivity contribution in [1.82, 2.24) is 10.2 Å². The van der Waals surface area contributed by atoms with Crippen molar-refractivity contribution < 1.29 is 48.8 Å². The van der Waals surface area contributed by atoms with Crippen molar-refractivity contribution in [3.63, 3.8) is 0 Å². The summed E-state index contributed by atoms with van der Waals surface area (Å²) in [6.07, 6.45) is 12.0. The summed E-state index contributed by atoms with van der Waals surface area (Å²) in [7, 11) is 9.47. The van der Waals surface area contributed by atoms with Gasteiger partial charge in [0.25, 0.3) is 0 Å². The molecule has 2 saturated heterocycles. The average molecular weight is 892 g/mol. The maximum Gasteiger partial charge on any atom is 0.326 e. The topological polar surface area (TPSA) is 186 Å². The van der Waals surface area contributed by atoms with Gasteiger partial charge in [-0.15, -0.1) is 0 Å². The number of epoxide rings is 1. The molecule has 3 heterocycles. The molecule has 2 fully saturated rings. The number of rotatable bonds is 13. The fourth-order valence-corrected chi connectivity index (χ4v) is 10.4. The molecule has 4 rings (SSSR count). The van der Waals surface area contributed by atoms with Crippen LogP contribution in [0.25, 0.3) is 0 Å². The van der Waals surface area contributed by atoms with Crippen molar-refractivity contribution in [2.45, 2.75) is 154 Å². The van der Waals surface area contributed by atoms with E-state index in [9.17, 15) is 29.1 Å². The van der Waals surface area contributed by atoms with E-state index in [4.69, 9.17) is 19.7 Å². The Morgan fingerprint density at radius 3 is 2.46 bits per heavy atom. The highest BCUT2D eigenvalue weighted by Crippen LogP contribution is 2.49. The lowest BCUT2D eigenvalue weighted by molar-refractivity contribution is -0.148. The van der Waals surface area contributed by atoms with Crippen LogP contribution in [0, 0.1) is 11.8 Å². The maximum atomic E-state index is 13.4. The Morgan fingerprint density at radius 1 is 1.18 bits per heavy atom. The molecule has 344 valence electrons. The molecular formula is C46H73N3O10S2. The molecule has 1 aromatic rings. The van der Waals surface area contributed by atoms with Crippen LogP contribution in [0.15, 0.2) is 35.9 Å². The molecule has 0 aliphatic carbocycles. The zero-order chi connectivity index (χ0) is 46.3. The Balaban J connectivity index is 0.000000459. The smallest absolute Gasteiger partial charge is 0.326 e. The molecular weight excluding hydrogens is 819 g/mol. The predicted molar refractivity (Wildman–Crippen MR) is 246 cm³/mol. The van der Waals surface area contributed by atoms with Gasteiger partial charge in [-0.05, 0) is 110 Å². The number of carbonyl (C=O) groups excluding carboxylic acids is 4. The second-order valence-electron chi connectivity index (χ2n) is 17.4. The number of hydrogen-bond donors (Lipinski definition) is 4. The SMILES string of the molecule is CC(=O)CCCSSC(C)(C)CCC(=O)N(C)C(C)C(=O)O.CCc1c(OC)cc2cc1N(C)C(=O)CCC1(C)OC1[C@H](C)C1CC(=O)N[C@@](O)(C/C=C/C=C(\C)C2)C1.CO. The first-order valence-electron chi connectivity index (χ1n) is 21.3. The molecule has 13 nitrogen and oxygen atoms in total. The van der Waals surface area contributed by atoms with E-state index >= 15 is 0 Å². The number of ether oxygens (including phenoxy) is 2. The number of allylic oxidation sites excluding steroid dienone is 3. The van der Waals surface area contributed by atoms with Crippen molar-refractivity contribution in [3.8, 4) is 5.75 Å². The van der Waals surface area contributed by atoms with E-state index in [1.165, 1.54) is 18.9 Å². The van der Waals surface area contributed by atoms with E-state index in [1.807, 2.05) is 25.3 Å². The highest BCUT2D eigenvalue weighted by Gasteiger charge is 2.57. The monoisotopic (exact) mass is 891 g/mol. The van der Waals surface area contributed by atoms with Gasteiger partial charge >= 0.3 is 5.97 Å². The third-order valence-electron chi connectivity index (χ3n) is 11.7. The van der Waals surface area contributed by atoms with Crippen molar-refractivity contribution in [2.24, 2.45) is 11.8 Å². The first-order chi connectivity index (χ1) is 28.5. The van der Waals surface area contributed by atoms with Gasteiger partial charge < -0.3 is 44.7 Å². The lowest BCUT2D eigenvalue weighted by Gasteiger charge is -2.39. The van der Waals surface area contributed by atoms with Crippen molar-refractivity contribution >= 4 is 56.7 Å². The molecule has 3 aliphatic heterocycles. The third-order valence-corrected chi connectivity index (χ3v) is 15.2. The average Bonchev–Trinajstić information content (AvgIpc) is 3.89. The summed E-state index contributed by atoms with van der Waals surface area (Å²) < 4.78 is 11.8. The number of anilines is 1. The Labute approximate surface area is 372 Å². The van der Waals surface area contributed by atoms with Gasteiger partial charge in [-0.1, -0.05) is 59.2 Å². The highest BCUT2D eigenvalue weighted by atomic mass is 33.1. The molecule has 4 unspecified atom stereocenters. The largest absolute Gasteiger partial charge is 0.496 e.